The van der Waals surface area contributed by atoms with Crippen LogP contribution in [0.3, 0.4) is 0 Å². The number of rotatable bonds is 5. The number of hydrogen-bond donors (Lipinski definition) is 2. The van der Waals surface area contributed by atoms with Gasteiger partial charge in [-0.25, -0.2) is 0 Å². The first-order valence-corrected chi connectivity index (χ1v) is 5.47. The normalized spacial score (nSPS) is 26.8. The van der Waals surface area contributed by atoms with Gasteiger partial charge in [0.05, 0.1) is 12.7 Å². The van der Waals surface area contributed by atoms with Crippen molar-refractivity contribution in [2.45, 2.75) is 12.1 Å². The lowest BCUT2D eigenvalue weighted by Crippen LogP contribution is -2.56. The topological polar surface area (TPSA) is 62.0 Å². The van der Waals surface area contributed by atoms with Gasteiger partial charge in [-0.3, -0.25) is 4.90 Å². The minimum absolute atomic E-state index is 0.357. The van der Waals surface area contributed by atoms with E-state index in [4.69, 9.17) is 10.5 Å². The van der Waals surface area contributed by atoms with Crippen LogP contribution in [-0.2, 0) is 4.74 Å². The Bertz CT molecular complexity index is 180. The fourth-order valence-electron chi connectivity index (χ4n) is 2.03. The Labute approximate surface area is 91.8 Å². The molecule has 5 nitrogen and oxygen atoms in total. The highest BCUT2D eigenvalue weighted by Crippen LogP contribution is 2.08. The van der Waals surface area contributed by atoms with E-state index in [2.05, 4.69) is 16.8 Å². The van der Waals surface area contributed by atoms with Crippen LogP contribution in [-0.4, -0.2) is 80.5 Å². The van der Waals surface area contributed by atoms with Crippen LogP contribution in [0.5, 0.6) is 0 Å². The van der Waals surface area contributed by atoms with Crippen LogP contribution in [0.1, 0.15) is 0 Å². The van der Waals surface area contributed by atoms with Crippen molar-refractivity contribution in [2.75, 3.05) is 53.5 Å². The van der Waals surface area contributed by atoms with Crippen LogP contribution in [0.15, 0.2) is 0 Å². The van der Waals surface area contributed by atoms with Gasteiger partial charge in [0, 0.05) is 45.9 Å². The molecule has 90 valence electrons. The molecule has 3 N–H and O–H groups in total. The first kappa shape index (κ1) is 12.9. The molecule has 15 heavy (non-hydrogen) atoms. The van der Waals surface area contributed by atoms with E-state index in [1.54, 1.807) is 7.11 Å². The van der Waals surface area contributed by atoms with E-state index in [0.717, 1.165) is 19.6 Å². The molecule has 1 rings (SSSR count). The van der Waals surface area contributed by atoms with Crippen LogP contribution >= 0.6 is 0 Å². The van der Waals surface area contributed by atoms with Crippen molar-refractivity contribution in [2.24, 2.45) is 5.73 Å². The number of nitrogens with zero attached hydrogens (tertiary/aromatic N) is 2. The highest BCUT2D eigenvalue weighted by Gasteiger charge is 2.25. The highest BCUT2D eigenvalue weighted by atomic mass is 16.5. The molecule has 0 aromatic heterocycles. The quantitative estimate of drug-likeness (QED) is 0.591. The third-order valence-electron chi connectivity index (χ3n) is 2.88. The zero-order valence-electron chi connectivity index (χ0n) is 9.72. The van der Waals surface area contributed by atoms with Crippen molar-refractivity contribution in [1.82, 2.24) is 9.80 Å². The number of likely N-dealkylation sites (N-methyl/N-ethyl adjacent to an activating group) is 1. The number of nitrogens with two attached hydrogens (primary N) is 1. The number of piperazine rings is 1. The molecule has 1 aliphatic heterocycles. The molecule has 1 saturated heterocycles. The lowest BCUT2D eigenvalue weighted by Gasteiger charge is -2.40. The summed E-state index contributed by atoms with van der Waals surface area (Å²) in [5, 5.41) is 9.66. The maximum absolute atomic E-state index is 9.66. The summed E-state index contributed by atoms with van der Waals surface area (Å²) >= 11 is 0. The molecule has 2 atom stereocenters. The van der Waals surface area contributed by atoms with Gasteiger partial charge in [0.1, 0.15) is 0 Å². The van der Waals surface area contributed by atoms with Gasteiger partial charge < -0.3 is 20.5 Å². The van der Waals surface area contributed by atoms with E-state index in [1.165, 1.54) is 0 Å². The van der Waals surface area contributed by atoms with E-state index in [-0.39, 0.29) is 0 Å². The maximum Gasteiger partial charge on any atom is 0.0900 e. The molecular weight excluding hydrogens is 194 g/mol. The fourth-order valence-corrected chi connectivity index (χ4v) is 2.03. The molecule has 0 radical (unpaired) electrons. The van der Waals surface area contributed by atoms with Gasteiger partial charge in [-0.1, -0.05) is 0 Å². The lowest BCUT2D eigenvalue weighted by atomic mass is 10.1. The number of aliphatic hydroxyl groups excluding tert-OH is 1. The summed E-state index contributed by atoms with van der Waals surface area (Å²) in [6.07, 6.45) is -0.410. The predicted octanol–water partition coefficient (Wildman–Crippen LogP) is -1.43. The first-order valence-electron chi connectivity index (χ1n) is 5.47. The Hall–Kier alpha value is -0.200. The van der Waals surface area contributed by atoms with E-state index in [9.17, 15) is 5.11 Å². The molecule has 1 fully saturated rings. The molecular formula is C10H23N3O2. The Balaban J connectivity index is 2.38. The van der Waals surface area contributed by atoms with Crippen molar-refractivity contribution in [3.05, 3.63) is 0 Å². The Morgan fingerprint density at radius 1 is 1.53 bits per heavy atom. The predicted molar refractivity (Wildman–Crippen MR) is 59.8 cm³/mol. The maximum atomic E-state index is 9.66. The second kappa shape index (κ2) is 6.40. The van der Waals surface area contributed by atoms with Gasteiger partial charge >= 0.3 is 0 Å². The van der Waals surface area contributed by atoms with Gasteiger partial charge in [-0.15, -0.1) is 0 Å². The summed E-state index contributed by atoms with van der Waals surface area (Å²) in [5.74, 6) is 0. The average Bonchev–Trinajstić information content (AvgIpc) is 2.21. The van der Waals surface area contributed by atoms with Crippen molar-refractivity contribution >= 4 is 0 Å². The largest absolute Gasteiger partial charge is 0.389 e. The van der Waals surface area contributed by atoms with Crippen LogP contribution in [0.25, 0.3) is 0 Å². The van der Waals surface area contributed by atoms with Gasteiger partial charge in [0.2, 0.25) is 0 Å². The molecule has 1 heterocycles. The van der Waals surface area contributed by atoms with Gasteiger partial charge in [-0.05, 0) is 7.05 Å². The zero-order chi connectivity index (χ0) is 11.3. The number of hydrogen-bond acceptors (Lipinski definition) is 5. The zero-order valence-corrected chi connectivity index (χ0v) is 9.72. The van der Waals surface area contributed by atoms with Crippen molar-refractivity contribution in [3.63, 3.8) is 0 Å². The molecule has 2 unspecified atom stereocenters. The van der Waals surface area contributed by atoms with Crippen LogP contribution in [0, 0.1) is 0 Å². The third kappa shape index (κ3) is 4.04. The highest BCUT2D eigenvalue weighted by molar-refractivity contribution is 4.82. The SMILES string of the molecule is COCC(O)CN1CCN(C)CC1CN. The van der Waals surface area contributed by atoms with E-state index in [0.29, 0.717) is 25.7 Å². The van der Waals surface area contributed by atoms with Crippen molar-refractivity contribution in [1.29, 1.82) is 0 Å². The number of methoxy groups -OCH3 is 1. The second-order valence-corrected chi connectivity index (χ2v) is 4.26. The molecule has 0 aromatic rings. The van der Waals surface area contributed by atoms with E-state index in [1.807, 2.05) is 0 Å². The standard InChI is InChI=1S/C10H23N3O2/c1-12-3-4-13(9(5-11)6-12)7-10(14)8-15-2/h9-10,14H,3-8,11H2,1-2H3. The summed E-state index contributed by atoms with van der Waals surface area (Å²) < 4.78 is 4.92. The molecule has 5 heteroatoms. The Morgan fingerprint density at radius 3 is 2.87 bits per heavy atom. The summed E-state index contributed by atoms with van der Waals surface area (Å²) in [5.41, 5.74) is 5.72. The molecule has 1 aliphatic rings. The molecule has 0 spiro atoms. The Morgan fingerprint density at radius 2 is 2.27 bits per heavy atom. The average molecular weight is 217 g/mol. The van der Waals surface area contributed by atoms with E-state index >= 15 is 0 Å². The van der Waals surface area contributed by atoms with Crippen molar-refractivity contribution < 1.29 is 9.84 Å². The first-order chi connectivity index (χ1) is 7.17. The molecule has 0 aromatic carbocycles. The molecule has 0 bridgehead atoms. The minimum Gasteiger partial charge on any atom is -0.389 e. The van der Waals surface area contributed by atoms with Gasteiger partial charge in [0.25, 0.3) is 0 Å². The van der Waals surface area contributed by atoms with Crippen molar-refractivity contribution in [3.8, 4) is 0 Å². The van der Waals surface area contributed by atoms with Crippen LogP contribution in [0.2, 0.25) is 0 Å². The van der Waals surface area contributed by atoms with Gasteiger partial charge in [-0.2, -0.15) is 0 Å². The molecule has 0 amide bonds. The van der Waals surface area contributed by atoms with Crippen LogP contribution < -0.4 is 5.73 Å². The number of β-amino-alcohol motifs (C(OH)–C–C–N with tert-alkyl or cyclic N) is 1. The monoisotopic (exact) mass is 217 g/mol. The summed E-state index contributed by atoms with van der Waals surface area (Å²) in [6, 6.07) is 0.357. The minimum atomic E-state index is -0.410. The molecule has 0 aliphatic carbocycles. The second-order valence-electron chi connectivity index (χ2n) is 4.26. The fraction of sp³-hybridized carbons (Fsp3) is 1.00. The number of aliphatic hydroxyl groups is 1. The van der Waals surface area contributed by atoms with Crippen LogP contribution in [0.4, 0.5) is 0 Å². The third-order valence-corrected chi connectivity index (χ3v) is 2.88. The van der Waals surface area contributed by atoms with Gasteiger partial charge in [0.15, 0.2) is 0 Å². The summed E-state index contributed by atoms with van der Waals surface area (Å²) in [6.45, 7) is 4.68. The summed E-state index contributed by atoms with van der Waals surface area (Å²) in [7, 11) is 3.71. The summed E-state index contributed by atoms with van der Waals surface area (Å²) in [4.78, 5) is 4.53. The molecule has 0 saturated carbocycles. The van der Waals surface area contributed by atoms with E-state index < -0.39 is 6.10 Å². The number of ether oxygens (including phenoxy) is 1. The smallest absolute Gasteiger partial charge is 0.0900 e. The lowest BCUT2D eigenvalue weighted by molar-refractivity contribution is 0.00802. The Kier molecular flexibility index (Phi) is 5.49.